The van der Waals surface area contributed by atoms with Crippen LogP contribution in [-0.2, 0) is 21.7 Å². The summed E-state index contributed by atoms with van der Waals surface area (Å²) < 4.78 is 15.8. The van der Waals surface area contributed by atoms with Crippen LogP contribution in [0.1, 0.15) is 103 Å². The average molecular weight is 854 g/mol. The largest absolute Gasteiger partial charge is 0.457 e. The Morgan fingerprint density at radius 3 is 1.80 bits per heavy atom. The molecule has 8 aromatic rings. The lowest BCUT2D eigenvalue weighted by Crippen LogP contribution is -2.40. The molecule has 7 heteroatoms. The number of aromatic nitrogens is 2. The van der Waals surface area contributed by atoms with Gasteiger partial charge in [0, 0.05) is 63.7 Å². The normalized spacial score (nSPS) is 16.3. The SMILES string of the molecule is CC(C)(C)c1cc(Oc2ccc3c4ccccc4n(-c4cc(C(C)(C)C)ccn4)c3c2)cc(N2C=CN(c3cc4c5c(c3)C(C)(C)c3cccc6c3N5c3c(cccc3C4(C)C)O6)C2)c1. The summed E-state index contributed by atoms with van der Waals surface area (Å²) in [5.74, 6) is 4.32. The predicted octanol–water partition coefficient (Wildman–Crippen LogP) is 15.2. The Morgan fingerprint density at radius 2 is 1.15 bits per heavy atom. The van der Waals surface area contributed by atoms with Gasteiger partial charge in [-0.3, -0.25) is 4.57 Å². The maximum atomic E-state index is 6.91. The minimum atomic E-state index is -0.258. The number of fused-ring (bicyclic) bond motifs is 3. The summed E-state index contributed by atoms with van der Waals surface area (Å²) in [6.45, 7) is 23.7. The fourth-order valence-electron chi connectivity index (χ4n) is 10.8. The first-order chi connectivity index (χ1) is 31.0. The molecule has 0 radical (unpaired) electrons. The van der Waals surface area contributed by atoms with Crippen molar-refractivity contribution in [2.45, 2.75) is 90.9 Å². The fraction of sp³-hybridized carbons (Fsp3) is 0.259. The van der Waals surface area contributed by atoms with E-state index >= 15 is 0 Å². The van der Waals surface area contributed by atoms with Crippen LogP contribution in [0.25, 0.3) is 27.6 Å². The minimum absolute atomic E-state index is 0.00866. The first-order valence-corrected chi connectivity index (χ1v) is 23.0. The number of rotatable bonds is 5. The molecule has 6 aromatic carbocycles. The van der Waals surface area contributed by atoms with Crippen LogP contribution in [0.5, 0.6) is 23.0 Å². The highest BCUT2D eigenvalue weighted by atomic mass is 16.5. The van der Waals surface area contributed by atoms with E-state index in [2.05, 4.69) is 222 Å². The molecular weight excluding hydrogens is 799 g/mol. The van der Waals surface area contributed by atoms with Crippen molar-refractivity contribution >= 4 is 50.2 Å². The Bertz CT molecular complexity index is 3270. The average Bonchev–Trinajstić information content (AvgIpc) is 3.90. The zero-order valence-electron chi connectivity index (χ0n) is 39.0. The van der Waals surface area contributed by atoms with Gasteiger partial charge in [0.2, 0.25) is 0 Å². The van der Waals surface area contributed by atoms with Crippen molar-refractivity contribution in [3.05, 3.63) is 173 Å². The van der Waals surface area contributed by atoms with Gasteiger partial charge in [-0.15, -0.1) is 0 Å². The van der Waals surface area contributed by atoms with Gasteiger partial charge in [-0.05, 0) is 111 Å². The molecule has 0 aliphatic carbocycles. The van der Waals surface area contributed by atoms with Crippen molar-refractivity contribution < 1.29 is 9.47 Å². The van der Waals surface area contributed by atoms with Gasteiger partial charge < -0.3 is 24.2 Å². The molecule has 0 spiro atoms. The second kappa shape index (κ2) is 13.3. The summed E-state index contributed by atoms with van der Waals surface area (Å²) in [6.07, 6.45) is 6.37. The summed E-state index contributed by atoms with van der Waals surface area (Å²) in [7, 11) is 0. The van der Waals surface area contributed by atoms with Crippen molar-refractivity contribution in [3.63, 3.8) is 0 Å². The Kier molecular flexibility index (Phi) is 8.09. The fourth-order valence-corrected chi connectivity index (χ4v) is 10.8. The van der Waals surface area contributed by atoms with Crippen LogP contribution >= 0.6 is 0 Å². The number of benzene rings is 6. The number of anilines is 5. The molecule has 65 heavy (non-hydrogen) atoms. The number of hydrogen-bond donors (Lipinski definition) is 0. The summed E-state index contributed by atoms with van der Waals surface area (Å²) in [5.41, 5.74) is 15.1. The molecule has 12 rings (SSSR count). The van der Waals surface area contributed by atoms with Gasteiger partial charge in [0.05, 0.1) is 34.8 Å². The van der Waals surface area contributed by atoms with Crippen LogP contribution in [0.4, 0.5) is 28.4 Å². The van der Waals surface area contributed by atoms with E-state index in [1.165, 1.54) is 66.9 Å². The highest BCUT2D eigenvalue weighted by molar-refractivity contribution is 6.09. The molecule has 324 valence electrons. The molecule has 6 heterocycles. The molecule has 0 unspecified atom stereocenters. The van der Waals surface area contributed by atoms with E-state index in [-0.39, 0.29) is 21.7 Å². The minimum Gasteiger partial charge on any atom is -0.457 e. The lowest BCUT2D eigenvalue weighted by molar-refractivity contribution is 0.464. The number of pyridine rings is 1. The van der Waals surface area contributed by atoms with E-state index in [0.29, 0.717) is 6.67 Å². The zero-order chi connectivity index (χ0) is 44.9. The molecule has 4 aliphatic heterocycles. The van der Waals surface area contributed by atoms with Crippen molar-refractivity contribution in [2.75, 3.05) is 21.4 Å². The number of ether oxygens (including phenoxy) is 2. The van der Waals surface area contributed by atoms with E-state index in [9.17, 15) is 0 Å². The molecule has 2 aromatic heterocycles. The highest BCUT2D eigenvalue weighted by Gasteiger charge is 2.49. The van der Waals surface area contributed by atoms with Gasteiger partial charge in [-0.25, -0.2) is 4.98 Å². The number of para-hydroxylation sites is 3. The Morgan fingerprint density at radius 1 is 0.538 bits per heavy atom. The summed E-state index contributed by atoms with van der Waals surface area (Å²) in [6, 6.07) is 44.0. The summed E-state index contributed by atoms with van der Waals surface area (Å²) >= 11 is 0. The third-order valence-electron chi connectivity index (χ3n) is 14.6. The molecule has 0 saturated heterocycles. The zero-order valence-corrected chi connectivity index (χ0v) is 39.0. The van der Waals surface area contributed by atoms with E-state index in [4.69, 9.17) is 14.5 Å². The van der Waals surface area contributed by atoms with Crippen LogP contribution in [0.3, 0.4) is 0 Å². The quantitative estimate of drug-likeness (QED) is 0.172. The number of nitrogens with zero attached hydrogens (tertiary/aromatic N) is 5. The van der Waals surface area contributed by atoms with Crippen molar-refractivity contribution in [3.8, 4) is 28.8 Å². The molecular formula is C58H55N5O2. The first kappa shape index (κ1) is 39.6. The maximum absolute atomic E-state index is 6.91. The van der Waals surface area contributed by atoms with E-state index < -0.39 is 0 Å². The van der Waals surface area contributed by atoms with Crippen molar-refractivity contribution in [2.24, 2.45) is 0 Å². The second-order valence-electron chi connectivity index (χ2n) is 21.5. The van der Waals surface area contributed by atoms with E-state index in [1.807, 2.05) is 6.20 Å². The van der Waals surface area contributed by atoms with Gasteiger partial charge in [0.25, 0.3) is 0 Å². The third-order valence-corrected chi connectivity index (χ3v) is 14.6. The molecule has 0 amide bonds. The predicted molar refractivity (Wildman–Crippen MR) is 267 cm³/mol. The molecule has 7 nitrogen and oxygen atoms in total. The van der Waals surface area contributed by atoms with Gasteiger partial charge in [-0.1, -0.05) is 112 Å². The lowest BCUT2D eigenvalue weighted by Gasteiger charge is -2.51. The second-order valence-corrected chi connectivity index (χ2v) is 21.5. The van der Waals surface area contributed by atoms with Crippen LogP contribution in [0, 0.1) is 0 Å². The van der Waals surface area contributed by atoms with Gasteiger partial charge in [-0.2, -0.15) is 0 Å². The van der Waals surface area contributed by atoms with Crippen LogP contribution in [-0.4, -0.2) is 16.2 Å². The molecule has 0 atom stereocenters. The van der Waals surface area contributed by atoms with Gasteiger partial charge in [0.15, 0.2) is 11.5 Å². The lowest BCUT2D eigenvalue weighted by atomic mass is 9.65. The summed E-state index contributed by atoms with van der Waals surface area (Å²) in [5, 5.41) is 2.35. The third kappa shape index (κ3) is 5.83. The number of hydrogen-bond acceptors (Lipinski definition) is 6. The topological polar surface area (TPSA) is 46.0 Å². The standard InChI is InChI=1S/C58H55N5O2/c1-55(2,3)35-23-24-59-51(29-35)62-47-18-12-11-15-41(47)42-22-21-39(33-48(42)62)64-40-28-36(56(4,5)6)27-37(30-40)60-25-26-61(34-60)38-31-45-52-46(32-38)58(9,10)44-17-14-20-50-54(44)63(52)53-43(57(45,7)8)16-13-19-49(53)65-50/h11-33H,34H2,1-10H3. The van der Waals surface area contributed by atoms with Crippen molar-refractivity contribution in [1.29, 1.82) is 0 Å². The maximum Gasteiger partial charge on any atom is 0.151 e. The smallest absolute Gasteiger partial charge is 0.151 e. The highest BCUT2D eigenvalue weighted by Crippen LogP contribution is 2.66. The Balaban J connectivity index is 0.913. The molecule has 0 N–H and O–H groups in total. The molecule has 0 bridgehead atoms. The first-order valence-electron chi connectivity index (χ1n) is 23.0. The van der Waals surface area contributed by atoms with Crippen LogP contribution in [0.15, 0.2) is 140 Å². The van der Waals surface area contributed by atoms with Gasteiger partial charge >= 0.3 is 0 Å². The van der Waals surface area contributed by atoms with Crippen molar-refractivity contribution in [1.82, 2.24) is 9.55 Å². The van der Waals surface area contributed by atoms with E-state index in [0.717, 1.165) is 45.5 Å². The molecule has 0 fully saturated rings. The monoisotopic (exact) mass is 853 g/mol. The van der Waals surface area contributed by atoms with Gasteiger partial charge in [0.1, 0.15) is 17.3 Å². The Hall–Kier alpha value is -6.99. The Labute approximate surface area is 382 Å². The molecule has 0 saturated carbocycles. The summed E-state index contributed by atoms with van der Waals surface area (Å²) in [4.78, 5) is 12.1. The van der Waals surface area contributed by atoms with E-state index in [1.54, 1.807) is 0 Å². The van der Waals surface area contributed by atoms with Crippen LogP contribution < -0.4 is 24.2 Å². The molecule has 4 aliphatic rings. The van der Waals surface area contributed by atoms with Crippen LogP contribution in [0.2, 0.25) is 0 Å².